The number of ether oxygens (including phenoxy) is 2. The molecular formula is C12H16F2O3. The number of alkyl halides is 2. The lowest BCUT2D eigenvalue weighted by Crippen LogP contribution is -2.24. The molecule has 0 N–H and O–H groups in total. The molecule has 0 fully saturated rings. The van der Waals surface area contributed by atoms with Crippen molar-refractivity contribution >= 4 is 5.97 Å². The van der Waals surface area contributed by atoms with E-state index < -0.39 is 11.9 Å². The van der Waals surface area contributed by atoms with E-state index in [0.29, 0.717) is 12.8 Å². The van der Waals surface area contributed by atoms with E-state index in [1.54, 1.807) is 6.92 Å². The maximum Gasteiger partial charge on any atom is 0.332 e. The number of carbonyl (C=O) groups is 1. The van der Waals surface area contributed by atoms with Gasteiger partial charge in [0.2, 0.25) is 0 Å². The van der Waals surface area contributed by atoms with Gasteiger partial charge >= 0.3 is 11.9 Å². The van der Waals surface area contributed by atoms with Gasteiger partial charge in [-0.1, -0.05) is 5.92 Å². The van der Waals surface area contributed by atoms with Crippen LogP contribution < -0.4 is 0 Å². The van der Waals surface area contributed by atoms with Gasteiger partial charge in [0.25, 0.3) is 0 Å². The van der Waals surface area contributed by atoms with Gasteiger partial charge in [-0.25, -0.2) is 4.79 Å². The highest BCUT2D eigenvalue weighted by atomic mass is 19.3. The smallest absolute Gasteiger partial charge is 0.332 e. The molecule has 0 aromatic rings. The molecule has 1 rings (SSSR count). The number of rotatable bonds is 4. The molecule has 0 spiro atoms. The fourth-order valence-electron chi connectivity index (χ4n) is 1.53. The molecule has 0 aromatic carbocycles. The summed E-state index contributed by atoms with van der Waals surface area (Å²) >= 11 is 0. The first kappa shape index (κ1) is 13.9. The van der Waals surface area contributed by atoms with Crippen molar-refractivity contribution in [2.45, 2.75) is 44.6 Å². The van der Waals surface area contributed by atoms with Crippen LogP contribution in [-0.2, 0) is 14.3 Å². The molecule has 0 aromatic heterocycles. The van der Waals surface area contributed by atoms with E-state index in [-0.39, 0.29) is 32.2 Å². The number of hydrogen-bond acceptors (Lipinski definition) is 3. The predicted molar refractivity (Wildman–Crippen MR) is 57.6 cm³/mol. The van der Waals surface area contributed by atoms with Crippen LogP contribution in [0.15, 0.2) is 0 Å². The first-order chi connectivity index (χ1) is 8.03. The average Bonchev–Trinajstić information content (AvgIpc) is 2.24. The molecule has 17 heavy (non-hydrogen) atoms. The molecule has 1 unspecified atom stereocenters. The molecule has 1 atom stereocenters. The lowest BCUT2D eigenvalue weighted by Gasteiger charge is -2.20. The van der Waals surface area contributed by atoms with Gasteiger partial charge in [-0.2, -0.15) is 8.78 Å². The van der Waals surface area contributed by atoms with E-state index in [9.17, 15) is 13.6 Å². The SMILES string of the molecule is CCOC(=O)COC1CCC#CC(F)(F)CC1. The third kappa shape index (κ3) is 5.64. The molecule has 96 valence electrons. The van der Waals surface area contributed by atoms with Crippen LogP contribution in [0.3, 0.4) is 0 Å². The van der Waals surface area contributed by atoms with Crippen molar-refractivity contribution in [3.05, 3.63) is 0 Å². The molecule has 0 bridgehead atoms. The summed E-state index contributed by atoms with van der Waals surface area (Å²) in [7, 11) is 0. The lowest BCUT2D eigenvalue weighted by atomic mass is 10.0. The first-order valence-corrected chi connectivity index (χ1v) is 5.68. The third-order valence-corrected chi connectivity index (χ3v) is 2.39. The quantitative estimate of drug-likeness (QED) is 0.563. The van der Waals surface area contributed by atoms with Crippen LogP contribution in [0.1, 0.15) is 32.6 Å². The molecule has 0 saturated carbocycles. The Hall–Kier alpha value is -1.15. The van der Waals surface area contributed by atoms with Crippen LogP contribution in [0, 0.1) is 11.8 Å². The average molecular weight is 246 g/mol. The van der Waals surface area contributed by atoms with Gasteiger partial charge in [-0.05, 0) is 25.7 Å². The summed E-state index contributed by atoms with van der Waals surface area (Å²) in [6.07, 6.45) is 0.472. The summed E-state index contributed by atoms with van der Waals surface area (Å²) in [6.45, 7) is 1.80. The van der Waals surface area contributed by atoms with Gasteiger partial charge in [0.05, 0.1) is 12.7 Å². The van der Waals surface area contributed by atoms with Gasteiger partial charge in [-0.15, -0.1) is 0 Å². The Balaban J connectivity index is 2.36. The summed E-state index contributed by atoms with van der Waals surface area (Å²) in [4.78, 5) is 11.0. The molecule has 0 radical (unpaired) electrons. The van der Waals surface area contributed by atoms with Crippen molar-refractivity contribution < 1.29 is 23.0 Å². The normalized spacial score (nSPS) is 22.9. The Morgan fingerprint density at radius 2 is 2.24 bits per heavy atom. The first-order valence-electron chi connectivity index (χ1n) is 5.68. The number of halogens is 2. The number of carbonyl (C=O) groups excluding carboxylic acids is 1. The van der Waals surface area contributed by atoms with Gasteiger partial charge in [0.1, 0.15) is 6.61 Å². The van der Waals surface area contributed by atoms with Crippen molar-refractivity contribution in [1.82, 2.24) is 0 Å². The zero-order valence-corrected chi connectivity index (χ0v) is 9.80. The van der Waals surface area contributed by atoms with E-state index in [1.807, 2.05) is 5.92 Å². The Labute approximate surface area is 99.5 Å². The van der Waals surface area contributed by atoms with Crippen LogP contribution in [0.2, 0.25) is 0 Å². The molecule has 3 nitrogen and oxygen atoms in total. The highest BCUT2D eigenvalue weighted by molar-refractivity contribution is 5.70. The van der Waals surface area contributed by atoms with Crippen molar-refractivity contribution in [3.8, 4) is 11.8 Å². The van der Waals surface area contributed by atoms with Crippen molar-refractivity contribution in [3.63, 3.8) is 0 Å². The van der Waals surface area contributed by atoms with E-state index in [4.69, 9.17) is 4.74 Å². The third-order valence-electron chi connectivity index (χ3n) is 2.39. The van der Waals surface area contributed by atoms with Gasteiger partial charge < -0.3 is 9.47 Å². The van der Waals surface area contributed by atoms with E-state index in [1.165, 1.54) is 0 Å². The molecule has 0 saturated heterocycles. The maximum atomic E-state index is 13.0. The topological polar surface area (TPSA) is 35.5 Å². The van der Waals surface area contributed by atoms with Crippen molar-refractivity contribution in [1.29, 1.82) is 0 Å². The standard InChI is InChI=1S/C12H16F2O3/c1-2-16-11(15)9-17-10-5-3-4-7-12(13,14)8-6-10/h10H,2-3,5-6,8-9H2,1H3. The Morgan fingerprint density at radius 1 is 1.47 bits per heavy atom. The van der Waals surface area contributed by atoms with Crippen molar-refractivity contribution in [2.24, 2.45) is 0 Å². The second-order valence-corrected chi connectivity index (χ2v) is 3.82. The summed E-state index contributed by atoms with van der Waals surface area (Å²) in [5, 5.41) is 0. The Kier molecular flexibility index (Phi) is 5.36. The van der Waals surface area contributed by atoms with Crippen LogP contribution in [0.25, 0.3) is 0 Å². The summed E-state index contributed by atoms with van der Waals surface area (Å²) in [5.74, 6) is 0.956. The molecule has 0 aliphatic heterocycles. The van der Waals surface area contributed by atoms with Crippen LogP contribution in [0.5, 0.6) is 0 Å². The monoisotopic (exact) mass is 246 g/mol. The highest BCUT2D eigenvalue weighted by Crippen LogP contribution is 2.24. The summed E-state index contributed by atoms with van der Waals surface area (Å²) in [6, 6.07) is 0. The molecule has 1 aliphatic rings. The van der Waals surface area contributed by atoms with Gasteiger partial charge in [0, 0.05) is 12.8 Å². The second-order valence-electron chi connectivity index (χ2n) is 3.82. The van der Waals surface area contributed by atoms with E-state index in [0.717, 1.165) is 0 Å². The zero-order valence-electron chi connectivity index (χ0n) is 9.80. The van der Waals surface area contributed by atoms with Crippen LogP contribution in [0.4, 0.5) is 8.78 Å². The number of hydrogen-bond donors (Lipinski definition) is 0. The molecular weight excluding hydrogens is 230 g/mol. The molecule has 5 heteroatoms. The summed E-state index contributed by atoms with van der Waals surface area (Å²) < 4.78 is 36.0. The maximum absolute atomic E-state index is 13.0. The minimum atomic E-state index is -2.94. The van der Waals surface area contributed by atoms with E-state index in [2.05, 4.69) is 10.7 Å². The van der Waals surface area contributed by atoms with E-state index >= 15 is 0 Å². The fourth-order valence-corrected chi connectivity index (χ4v) is 1.53. The second kappa shape index (κ2) is 6.55. The Bertz CT molecular complexity index is 317. The number of esters is 1. The van der Waals surface area contributed by atoms with Crippen LogP contribution in [-0.4, -0.2) is 31.2 Å². The molecule has 0 heterocycles. The summed E-state index contributed by atoms with van der Waals surface area (Å²) in [5.41, 5.74) is 0. The largest absolute Gasteiger partial charge is 0.464 e. The zero-order chi connectivity index (χ0) is 12.7. The predicted octanol–water partition coefficient (Wildman–Crippen LogP) is 2.15. The Morgan fingerprint density at radius 3 is 2.94 bits per heavy atom. The minimum absolute atomic E-state index is 0.183. The van der Waals surface area contributed by atoms with Crippen molar-refractivity contribution in [2.75, 3.05) is 13.2 Å². The van der Waals surface area contributed by atoms with Crippen LogP contribution >= 0.6 is 0 Å². The molecule has 1 aliphatic carbocycles. The molecule has 0 amide bonds. The van der Waals surface area contributed by atoms with Gasteiger partial charge in [0.15, 0.2) is 0 Å². The van der Waals surface area contributed by atoms with Gasteiger partial charge in [-0.3, -0.25) is 0 Å². The lowest BCUT2D eigenvalue weighted by molar-refractivity contribution is -0.151. The minimum Gasteiger partial charge on any atom is -0.464 e. The fraction of sp³-hybridized carbons (Fsp3) is 0.750. The highest BCUT2D eigenvalue weighted by Gasteiger charge is 2.28.